The Morgan fingerprint density at radius 1 is 1.24 bits per heavy atom. The highest BCUT2D eigenvalue weighted by Gasteiger charge is 2.43. The molecule has 0 spiro atoms. The van der Waals surface area contributed by atoms with Crippen LogP contribution in [0.15, 0.2) is 65.3 Å². The number of hydrogen-bond acceptors (Lipinski definition) is 9. The molecule has 0 aromatic heterocycles. The van der Waals surface area contributed by atoms with Gasteiger partial charge in [-0.2, -0.15) is 5.26 Å². The SMILES string of the molecule is COc1cc(C2C(C#N)=C(N)OC3=C2C(=O)CC(C)(C)C3)ccc1OCC(=O)Nc1ccc([N+](=O)[O-])cc1. The number of nitro groups is 1. The molecule has 1 aliphatic carbocycles. The monoisotopic (exact) mass is 518 g/mol. The molecule has 2 aliphatic rings. The van der Waals surface area contributed by atoms with E-state index < -0.39 is 16.7 Å². The molecule has 0 fully saturated rings. The predicted octanol–water partition coefficient (Wildman–Crippen LogP) is 4.07. The number of carbonyl (C=O) groups is 2. The molecule has 0 radical (unpaired) electrons. The molecule has 11 heteroatoms. The van der Waals surface area contributed by atoms with Crippen molar-refractivity contribution >= 4 is 23.1 Å². The zero-order valence-corrected chi connectivity index (χ0v) is 21.1. The third-order valence-electron chi connectivity index (χ3n) is 6.32. The van der Waals surface area contributed by atoms with Gasteiger partial charge < -0.3 is 25.3 Å². The fourth-order valence-electron chi connectivity index (χ4n) is 4.61. The number of amides is 1. The van der Waals surface area contributed by atoms with Gasteiger partial charge in [-0.1, -0.05) is 19.9 Å². The number of nitro benzene ring substituents is 1. The third kappa shape index (κ3) is 5.29. The van der Waals surface area contributed by atoms with Crippen molar-refractivity contribution < 1.29 is 28.7 Å². The smallest absolute Gasteiger partial charge is 0.269 e. The first-order valence-electron chi connectivity index (χ1n) is 11.7. The molecule has 2 aromatic carbocycles. The Bertz CT molecular complexity index is 1420. The van der Waals surface area contributed by atoms with E-state index in [0.29, 0.717) is 41.2 Å². The van der Waals surface area contributed by atoms with Crippen molar-refractivity contribution in [3.63, 3.8) is 0 Å². The largest absolute Gasteiger partial charge is 0.493 e. The van der Waals surface area contributed by atoms with E-state index in [4.69, 9.17) is 19.9 Å². The summed E-state index contributed by atoms with van der Waals surface area (Å²) >= 11 is 0. The molecule has 0 bridgehead atoms. The Kier molecular flexibility index (Phi) is 7.08. The standard InChI is InChI=1S/C27H26N4O7/c1-27(2)11-19(32)25-22(12-27)38-26(29)18(13-28)24(25)15-4-9-20(21(10-15)36-3)37-14-23(33)30-16-5-7-17(8-6-16)31(34)35/h4-10,24H,11-12,14,29H2,1-3H3,(H,30,33). The summed E-state index contributed by atoms with van der Waals surface area (Å²) in [4.78, 5) is 35.8. The van der Waals surface area contributed by atoms with Crippen molar-refractivity contribution in [1.82, 2.24) is 0 Å². The highest BCUT2D eigenvalue weighted by molar-refractivity contribution is 6.00. The maximum Gasteiger partial charge on any atom is 0.269 e. The predicted molar refractivity (Wildman–Crippen MR) is 136 cm³/mol. The van der Waals surface area contributed by atoms with E-state index in [1.54, 1.807) is 18.2 Å². The number of carbonyl (C=O) groups excluding carboxylic acids is 2. The van der Waals surface area contributed by atoms with Crippen molar-refractivity contribution in [2.75, 3.05) is 19.0 Å². The Morgan fingerprint density at radius 3 is 2.58 bits per heavy atom. The molecule has 38 heavy (non-hydrogen) atoms. The fourth-order valence-corrected chi connectivity index (χ4v) is 4.61. The van der Waals surface area contributed by atoms with Crippen molar-refractivity contribution in [1.29, 1.82) is 5.26 Å². The second kappa shape index (κ2) is 10.3. The fraction of sp³-hybridized carbons (Fsp3) is 0.296. The lowest BCUT2D eigenvalue weighted by Gasteiger charge is -2.37. The van der Waals surface area contributed by atoms with Crippen LogP contribution in [0.25, 0.3) is 0 Å². The number of non-ortho nitro benzene ring substituents is 1. The van der Waals surface area contributed by atoms with Crippen molar-refractivity contribution in [3.05, 3.63) is 80.9 Å². The van der Waals surface area contributed by atoms with Crippen LogP contribution in [0.4, 0.5) is 11.4 Å². The molecule has 2 aromatic rings. The van der Waals surface area contributed by atoms with Gasteiger partial charge in [-0.3, -0.25) is 19.7 Å². The first kappa shape index (κ1) is 26.2. The number of ketones is 1. The summed E-state index contributed by atoms with van der Waals surface area (Å²) in [6, 6.07) is 12.4. The molecule has 0 saturated heterocycles. The summed E-state index contributed by atoms with van der Waals surface area (Å²) in [6.45, 7) is 3.59. The van der Waals surface area contributed by atoms with Gasteiger partial charge in [0.15, 0.2) is 23.9 Å². The summed E-state index contributed by atoms with van der Waals surface area (Å²) in [7, 11) is 1.43. The van der Waals surface area contributed by atoms with E-state index >= 15 is 0 Å². The number of methoxy groups -OCH3 is 1. The quantitative estimate of drug-likeness (QED) is 0.405. The van der Waals surface area contributed by atoms with E-state index in [9.17, 15) is 25.0 Å². The second-order valence-corrected chi connectivity index (χ2v) is 9.75. The molecular formula is C27H26N4O7. The molecule has 4 rings (SSSR count). The summed E-state index contributed by atoms with van der Waals surface area (Å²) in [5.74, 6) is -0.327. The molecule has 1 heterocycles. The number of nitrogens with one attached hydrogen (secondary N) is 1. The zero-order valence-electron chi connectivity index (χ0n) is 21.1. The third-order valence-corrected chi connectivity index (χ3v) is 6.32. The molecule has 1 aliphatic heterocycles. The van der Waals surface area contributed by atoms with E-state index in [2.05, 4.69) is 11.4 Å². The van der Waals surface area contributed by atoms with Gasteiger partial charge in [0, 0.05) is 36.2 Å². The van der Waals surface area contributed by atoms with Gasteiger partial charge in [0.25, 0.3) is 11.6 Å². The topological polar surface area (TPSA) is 167 Å². The number of anilines is 1. The minimum Gasteiger partial charge on any atom is -0.493 e. The highest BCUT2D eigenvalue weighted by atomic mass is 16.6. The maximum atomic E-state index is 13.2. The zero-order chi connectivity index (χ0) is 27.6. The van der Waals surface area contributed by atoms with Crippen molar-refractivity contribution in [3.8, 4) is 17.6 Å². The lowest BCUT2D eigenvalue weighted by molar-refractivity contribution is -0.384. The van der Waals surface area contributed by atoms with Gasteiger partial charge in [0.05, 0.1) is 18.0 Å². The number of ether oxygens (including phenoxy) is 3. The molecule has 1 amide bonds. The first-order valence-corrected chi connectivity index (χ1v) is 11.7. The van der Waals surface area contributed by atoms with Crippen LogP contribution in [0.1, 0.15) is 38.2 Å². The van der Waals surface area contributed by atoms with Crippen LogP contribution in [-0.4, -0.2) is 30.3 Å². The van der Waals surface area contributed by atoms with E-state index in [-0.39, 0.29) is 40.7 Å². The van der Waals surface area contributed by atoms with Crippen LogP contribution in [0, 0.1) is 26.9 Å². The van der Waals surface area contributed by atoms with Gasteiger partial charge in [-0.15, -0.1) is 0 Å². The van der Waals surface area contributed by atoms with Gasteiger partial charge in [-0.25, -0.2) is 0 Å². The van der Waals surface area contributed by atoms with Crippen LogP contribution in [-0.2, 0) is 14.3 Å². The van der Waals surface area contributed by atoms with E-state index in [0.717, 1.165) is 0 Å². The minimum absolute atomic E-state index is 0.0380. The summed E-state index contributed by atoms with van der Waals surface area (Å²) < 4.78 is 16.8. The molecule has 3 N–H and O–H groups in total. The average molecular weight is 519 g/mol. The molecule has 1 atom stereocenters. The number of allylic oxidation sites excluding steroid dienone is 3. The molecule has 0 saturated carbocycles. The number of benzene rings is 2. The molecule has 1 unspecified atom stereocenters. The Hall–Kier alpha value is -4.85. The van der Waals surface area contributed by atoms with Crippen molar-refractivity contribution in [2.24, 2.45) is 11.1 Å². The molecule has 196 valence electrons. The number of rotatable bonds is 7. The lowest BCUT2D eigenvalue weighted by Crippen LogP contribution is -2.33. The van der Waals surface area contributed by atoms with Gasteiger partial charge in [0.2, 0.25) is 5.88 Å². The lowest BCUT2D eigenvalue weighted by atomic mass is 9.70. The van der Waals surface area contributed by atoms with Crippen LogP contribution in [0.2, 0.25) is 0 Å². The normalized spacial score (nSPS) is 18.2. The number of nitrogens with zero attached hydrogens (tertiary/aromatic N) is 2. The number of nitrogens with two attached hydrogens (primary N) is 1. The van der Waals surface area contributed by atoms with E-state index in [1.165, 1.54) is 31.4 Å². The highest BCUT2D eigenvalue weighted by Crippen LogP contribution is 2.48. The van der Waals surface area contributed by atoms with Crippen molar-refractivity contribution in [2.45, 2.75) is 32.6 Å². The molecular weight excluding hydrogens is 492 g/mol. The van der Waals surface area contributed by atoms with Crippen LogP contribution < -0.4 is 20.5 Å². The Balaban J connectivity index is 1.55. The Morgan fingerprint density at radius 2 is 1.95 bits per heavy atom. The second-order valence-electron chi connectivity index (χ2n) is 9.75. The van der Waals surface area contributed by atoms with Crippen LogP contribution >= 0.6 is 0 Å². The van der Waals surface area contributed by atoms with Gasteiger partial charge in [-0.05, 0) is 35.2 Å². The number of hydrogen-bond donors (Lipinski definition) is 2. The first-order chi connectivity index (χ1) is 18.0. The summed E-state index contributed by atoms with van der Waals surface area (Å²) in [5, 5.41) is 23.2. The number of nitriles is 1. The summed E-state index contributed by atoms with van der Waals surface area (Å²) in [5.41, 5.74) is 7.21. The van der Waals surface area contributed by atoms with Gasteiger partial charge in [0.1, 0.15) is 17.4 Å². The Labute approximate surface area is 218 Å². The van der Waals surface area contributed by atoms with Crippen LogP contribution in [0.3, 0.4) is 0 Å². The van der Waals surface area contributed by atoms with Crippen LogP contribution in [0.5, 0.6) is 11.5 Å². The number of Topliss-reactive ketones (excluding diaryl/α,β-unsaturated/α-hetero) is 1. The maximum absolute atomic E-state index is 13.2. The minimum atomic E-state index is -0.722. The van der Waals surface area contributed by atoms with Gasteiger partial charge >= 0.3 is 0 Å². The molecule has 11 nitrogen and oxygen atoms in total. The van der Waals surface area contributed by atoms with E-state index in [1.807, 2.05) is 13.8 Å². The summed E-state index contributed by atoms with van der Waals surface area (Å²) in [6.07, 6.45) is 0.818. The average Bonchev–Trinajstić information content (AvgIpc) is 2.86.